The fourth-order valence-electron chi connectivity index (χ4n) is 2.73. The van der Waals surface area contributed by atoms with Crippen molar-refractivity contribution < 1.29 is 23.8 Å². The van der Waals surface area contributed by atoms with Gasteiger partial charge in [0.15, 0.2) is 6.10 Å². The lowest BCUT2D eigenvalue weighted by Crippen LogP contribution is -2.34. The van der Waals surface area contributed by atoms with Gasteiger partial charge in [-0.15, -0.1) is 0 Å². The van der Waals surface area contributed by atoms with Gasteiger partial charge in [-0.3, -0.25) is 9.59 Å². The molecule has 0 fully saturated rings. The smallest absolute Gasteiger partial charge is 0.265 e. The molecule has 0 saturated heterocycles. The molecule has 0 unspecified atom stereocenters. The minimum Gasteiger partial charge on any atom is -0.494 e. The van der Waals surface area contributed by atoms with Crippen molar-refractivity contribution in [1.29, 1.82) is 0 Å². The molecule has 2 aromatic rings. The Bertz CT molecular complexity index is 835. The number of carbonyl (C=O) groups is 2. The molecule has 0 aliphatic carbocycles. The second-order valence-electron chi connectivity index (χ2n) is 6.36. The van der Waals surface area contributed by atoms with E-state index >= 15 is 0 Å². The fourth-order valence-corrected chi connectivity index (χ4v) is 2.73. The molecule has 1 atom stereocenters. The third-order valence-corrected chi connectivity index (χ3v) is 4.15. The van der Waals surface area contributed by atoms with E-state index in [0.717, 1.165) is 11.5 Å². The third-order valence-electron chi connectivity index (χ3n) is 4.15. The summed E-state index contributed by atoms with van der Waals surface area (Å²) in [5, 5.41) is 5.58. The molecule has 2 N–H and O–H groups in total. The number of carbonyl (C=O) groups excluding carboxylic acids is 2. The average molecular weight is 384 g/mol. The van der Waals surface area contributed by atoms with Crippen LogP contribution >= 0.6 is 0 Å². The van der Waals surface area contributed by atoms with E-state index in [1.807, 2.05) is 31.2 Å². The largest absolute Gasteiger partial charge is 0.494 e. The number of amides is 2. The Morgan fingerprint density at radius 2 is 1.86 bits per heavy atom. The van der Waals surface area contributed by atoms with Crippen molar-refractivity contribution >= 4 is 23.2 Å². The van der Waals surface area contributed by atoms with E-state index < -0.39 is 6.10 Å². The summed E-state index contributed by atoms with van der Waals surface area (Å²) in [5.41, 5.74) is 1.16. The van der Waals surface area contributed by atoms with Gasteiger partial charge in [-0.1, -0.05) is 0 Å². The van der Waals surface area contributed by atoms with Crippen molar-refractivity contribution in [2.45, 2.75) is 32.8 Å². The van der Waals surface area contributed by atoms with Crippen LogP contribution in [0.5, 0.6) is 17.2 Å². The number of rotatable bonds is 8. The lowest BCUT2D eigenvalue weighted by molar-refractivity contribution is -0.122. The molecule has 0 bridgehead atoms. The molecule has 0 radical (unpaired) electrons. The Morgan fingerprint density at radius 3 is 2.57 bits per heavy atom. The number of hydrogen-bond acceptors (Lipinski definition) is 5. The monoisotopic (exact) mass is 384 g/mol. The zero-order valence-electron chi connectivity index (χ0n) is 16.0. The van der Waals surface area contributed by atoms with Gasteiger partial charge in [0.1, 0.15) is 17.2 Å². The van der Waals surface area contributed by atoms with Crippen LogP contribution in [0, 0.1) is 0 Å². The van der Waals surface area contributed by atoms with Gasteiger partial charge in [-0.05, 0) is 62.7 Å². The lowest BCUT2D eigenvalue weighted by Gasteiger charge is -2.23. The second-order valence-corrected chi connectivity index (χ2v) is 6.36. The van der Waals surface area contributed by atoms with Gasteiger partial charge in [0.25, 0.3) is 5.91 Å². The number of hydrogen-bond donors (Lipinski definition) is 2. The molecule has 28 heavy (non-hydrogen) atoms. The molecule has 0 aromatic heterocycles. The maximum absolute atomic E-state index is 12.1. The average Bonchev–Trinajstić information content (AvgIpc) is 2.68. The van der Waals surface area contributed by atoms with Crippen LogP contribution < -0.4 is 24.8 Å². The summed E-state index contributed by atoms with van der Waals surface area (Å²) in [4.78, 5) is 23.8. The molecule has 1 aliphatic rings. The zero-order chi connectivity index (χ0) is 19.9. The van der Waals surface area contributed by atoms with Gasteiger partial charge in [0, 0.05) is 12.1 Å². The minimum absolute atomic E-state index is 0.119. The van der Waals surface area contributed by atoms with Crippen LogP contribution in [0.1, 0.15) is 26.7 Å². The lowest BCUT2D eigenvalue weighted by atomic mass is 10.2. The van der Waals surface area contributed by atoms with Crippen LogP contribution in [-0.2, 0) is 9.59 Å². The number of ether oxygens (including phenoxy) is 3. The van der Waals surface area contributed by atoms with Crippen LogP contribution in [-0.4, -0.2) is 31.1 Å². The summed E-state index contributed by atoms with van der Waals surface area (Å²) in [6.07, 6.45) is 0.387. The van der Waals surface area contributed by atoms with Crippen molar-refractivity contribution in [3.63, 3.8) is 0 Å². The quantitative estimate of drug-likeness (QED) is 0.679. The van der Waals surface area contributed by atoms with Crippen molar-refractivity contribution in [2.24, 2.45) is 0 Å². The van der Waals surface area contributed by atoms with E-state index in [4.69, 9.17) is 14.2 Å². The van der Waals surface area contributed by atoms with Gasteiger partial charge in [0.05, 0.1) is 18.9 Å². The Hall–Kier alpha value is -3.22. The highest BCUT2D eigenvalue weighted by Crippen LogP contribution is 2.32. The summed E-state index contributed by atoms with van der Waals surface area (Å²) >= 11 is 0. The first-order valence-electron chi connectivity index (χ1n) is 9.32. The molecule has 7 heteroatoms. The van der Waals surface area contributed by atoms with E-state index in [9.17, 15) is 9.59 Å². The normalized spacial score (nSPS) is 15.1. The van der Waals surface area contributed by atoms with Gasteiger partial charge in [-0.25, -0.2) is 0 Å². The van der Waals surface area contributed by atoms with Crippen molar-refractivity contribution in [1.82, 2.24) is 0 Å². The Morgan fingerprint density at radius 1 is 1.14 bits per heavy atom. The molecule has 0 spiro atoms. The first-order chi connectivity index (χ1) is 13.5. The molecule has 1 aliphatic heterocycles. The van der Waals surface area contributed by atoms with Crippen LogP contribution in [0.15, 0.2) is 42.5 Å². The molecule has 0 saturated carbocycles. The van der Waals surface area contributed by atoms with Crippen LogP contribution in [0.4, 0.5) is 11.4 Å². The number of nitrogens with one attached hydrogen (secondary N) is 2. The van der Waals surface area contributed by atoms with Crippen molar-refractivity contribution in [3.8, 4) is 17.2 Å². The molecule has 3 rings (SSSR count). The van der Waals surface area contributed by atoms with E-state index in [2.05, 4.69) is 10.6 Å². The molecule has 7 nitrogen and oxygen atoms in total. The predicted octanol–water partition coefficient (Wildman–Crippen LogP) is 3.60. The standard InChI is InChI=1S/C21H24N2O5/c1-3-26-16-7-9-17(10-8-16)27-12-4-5-20(24)22-15-6-11-19-18(13-15)23-21(25)14(2)28-19/h6-11,13-14H,3-5,12H2,1-2H3,(H,22,24)(H,23,25)/t14-/m1/s1. The summed E-state index contributed by atoms with van der Waals surface area (Å²) < 4.78 is 16.5. The molecule has 148 valence electrons. The molecule has 2 aromatic carbocycles. The molecule has 2 amide bonds. The van der Waals surface area contributed by atoms with Crippen molar-refractivity contribution in [2.75, 3.05) is 23.8 Å². The highest BCUT2D eigenvalue weighted by Gasteiger charge is 2.23. The summed E-state index contributed by atoms with van der Waals surface area (Å²) in [6, 6.07) is 12.6. The first-order valence-corrected chi connectivity index (χ1v) is 9.32. The fraction of sp³-hybridized carbons (Fsp3) is 0.333. The maximum Gasteiger partial charge on any atom is 0.265 e. The highest BCUT2D eigenvalue weighted by atomic mass is 16.5. The zero-order valence-corrected chi connectivity index (χ0v) is 16.0. The highest BCUT2D eigenvalue weighted by molar-refractivity contribution is 5.99. The minimum atomic E-state index is -0.525. The van der Waals surface area contributed by atoms with Crippen LogP contribution in [0.3, 0.4) is 0 Å². The predicted molar refractivity (Wildman–Crippen MR) is 106 cm³/mol. The maximum atomic E-state index is 12.1. The van der Waals surface area contributed by atoms with Crippen LogP contribution in [0.25, 0.3) is 0 Å². The number of anilines is 2. The first kappa shape index (κ1) is 19.5. The van der Waals surface area contributed by atoms with Gasteiger partial charge in [0.2, 0.25) is 5.91 Å². The van der Waals surface area contributed by atoms with Gasteiger partial charge >= 0.3 is 0 Å². The van der Waals surface area contributed by atoms with Crippen LogP contribution in [0.2, 0.25) is 0 Å². The summed E-state index contributed by atoms with van der Waals surface area (Å²) in [5.74, 6) is 1.81. The Balaban J connectivity index is 1.42. The molecular formula is C21H24N2O5. The Labute approximate surface area is 164 Å². The SMILES string of the molecule is CCOc1ccc(OCCCC(=O)Nc2ccc3c(c2)NC(=O)[C@@H](C)O3)cc1. The molecular weight excluding hydrogens is 360 g/mol. The number of benzene rings is 2. The van der Waals surface area contributed by atoms with E-state index in [0.29, 0.717) is 43.2 Å². The van der Waals surface area contributed by atoms with Gasteiger partial charge in [-0.2, -0.15) is 0 Å². The topological polar surface area (TPSA) is 85.9 Å². The van der Waals surface area contributed by atoms with Crippen molar-refractivity contribution in [3.05, 3.63) is 42.5 Å². The summed E-state index contributed by atoms with van der Waals surface area (Å²) in [7, 11) is 0. The van der Waals surface area contributed by atoms with Gasteiger partial charge < -0.3 is 24.8 Å². The third kappa shape index (κ3) is 5.16. The van der Waals surface area contributed by atoms with E-state index in [1.54, 1.807) is 25.1 Å². The Kier molecular flexibility index (Phi) is 6.37. The second kappa shape index (κ2) is 9.12. The summed E-state index contributed by atoms with van der Waals surface area (Å²) in [6.45, 7) is 4.68. The van der Waals surface area contributed by atoms with E-state index in [-0.39, 0.29) is 11.8 Å². The molecule has 1 heterocycles. The number of fused-ring (bicyclic) bond motifs is 1. The van der Waals surface area contributed by atoms with E-state index in [1.165, 1.54) is 0 Å².